The number of hydrogen-bond acceptors (Lipinski definition) is 3. The number of nitrogens with two attached hydrogens (primary N) is 1. The Morgan fingerprint density at radius 1 is 1.50 bits per heavy atom. The van der Waals surface area contributed by atoms with Crippen molar-refractivity contribution in [3.8, 4) is 0 Å². The van der Waals surface area contributed by atoms with Crippen LogP contribution in [-0.2, 0) is 13.1 Å². The maximum Gasteiger partial charge on any atom is 0.0815 e. The molecule has 2 aromatic rings. The summed E-state index contributed by atoms with van der Waals surface area (Å²) in [6.45, 7) is 3.08. The Bertz CT molecular complexity index is 492. The Kier molecular flexibility index (Phi) is 3.22. The van der Waals surface area contributed by atoms with Crippen LogP contribution in [0, 0.1) is 6.92 Å². The van der Waals surface area contributed by atoms with Gasteiger partial charge in [-0.1, -0.05) is 11.6 Å². The molecule has 5 heteroatoms. The number of hydrogen-bond donors (Lipinski definition) is 1. The van der Waals surface area contributed by atoms with Gasteiger partial charge in [0.25, 0.3) is 0 Å². The Morgan fingerprint density at radius 2 is 2.31 bits per heavy atom. The summed E-state index contributed by atoms with van der Waals surface area (Å²) in [7, 11) is 0. The Hall–Kier alpha value is -1.39. The molecule has 0 fully saturated rings. The van der Waals surface area contributed by atoms with Gasteiger partial charge in [0.1, 0.15) is 0 Å². The van der Waals surface area contributed by atoms with Gasteiger partial charge in [0.05, 0.1) is 29.2 Å². The summed E-state index contributed by atoms with van der Waals surface area (Å²) in [5.74, 6) is 0. The highest BCUT2D eigenvalue weighted by Crippen LogP contribution is 2.14. The van der Waals surface area contributed by atoms with Crippen molar-refractivity contribution in [2.45, 2.75) is 20.0 Å². The van der Waals surface area contributed by atoms with Crippen molar-refractivity contribution >= 4 is 11.6 Å². The van der Waals surface area contributed by atoms with Gasteiger partial charge in [-0.3, -0.25) is 9.67 Å². The van der Waals surface area contributed by atoms with Crippen molar-refractivity contribution in [1.82, 2.24) is 14.8 Å². The molecule has 0 unspecified atom stereocenters. The lowest BCUT2D eigenvalue weighted by atomic mass is 10.2. The van der Waals surface area contributed by atoms with Crippen molar-refractivity contribution in [2.24, 2.45) is 5.73 Å². The van der Waals surface area contributed by atoms with E-state index < -0.39 is 0 Å². The van der Waals surface area contributed by atoms with E-state index in [1.165, 1.54) is 0 Å². The average Bonchev–Trinajstić information content (AvgIpc) is 2.61. The van der Waals surface area contributed by atoms with E-state index in [0.717, 1.165) is 17.0 Å². The summed E-state index contributed by atoms with van der Waals surface area (Å²) in [6, 6.07) is 3.93. The van der Waals surface area contributed by atoms with Gasteiger partial charge in [0.2, 0.25) is 0 Å². The Balaban J connectivity index is 2.23. The fourth-order valence-electron chi connectivity index (χ4n) is 1.49. The van der Waals surface area contributed by atoms with E-state index >= 15 is 0 Å². The van der Waals surface area contributed by atoms with E-state index in [4.69, 9.17) is 17.3 Å². The molecular formula is C11H13ClN4. The van der Waals surface area contributed by atoms with Crippen molar-refractivity contribution in [3.05, 3.63) is 46.5 Å². The van der Waals surface area contributed by atoms with Crippen LogP contribution in [0.25, 0.3) is 0 Å². The molecule has 0 bridgehead atoms. The molecular weight excluding hydrogens is 224 g/mol. The van der Waals surface area contributed by atoms with Gasteiger partial charge in [-0.05, 0) is 24.6 Å². The summed E-state index contributed by atoms with van der Waals surface area (Å²) in [5.41, 5.74) is 8.51. The van der Waals surface area contributed by atoms with E-state index in [-0.39, 0.29) is 0 Å². The molecule has 2 rings (SSSR count). The molecule has 0 aliphatic heterocycles. The van der Waals surface area contributed by atoms with Gasteiger partial charge < -0.3 is 5.73 Å². The first-order valence-corrected chi connectivity index (χ1v) is 5.40. The van der Waals surface area contributed by atoms with E-state index in [0.29, 0.717) is 18.1 Å². The van der Waals surface area contributed by atoms with Crippen LogP contribution in [0.4, 0.5) is 0 Å². The minimum atomic E-state index is 0.451. The van der Waals surface area contributed by atoms with Gasteiger partial charge in [0, 0.05) is 12.7 Å². The van der Waals surface area contributed by atoms with Crippen molar-refractivity contribution in [2.75, 3.05) is 0 Å². The van der Waals surface area contributed by atoms with Crippen molar-refractivity contribution < 1.29 is 0 Å². The van der Waals surface area contributed by atoms with Crippen LogP contribution in [-0.4, -0.2) is 14.8 Å². The second kappa shape index (κ2) is 4.63. The van der Waals surface area contributed by atoms with E-state index in [1.54, 1.807) is 12.4 Å². The molecule has 0 saturated heterocycles. The van der Waals surface area contributed by atoms with E-state index in [9.17, 15) is 0 Å². The molecule has 0 amide bonds. The molecule has 0 saturated carbocycles. The molecule has 0 atom stereocenters. The normalized spacial score (nSPS) is 10.7. The molecule has 84 valence electrons. The van der Waals surface area contributed by atoms with Gasteiger partial charge in [-0.15, -0.1) is 0 Å². The van der Waals surface area contributed by atoms with Crippen molar-refractivity contribution in [3.63, 3.8) is 0 Å². The molecule has 0 aliphatic carbocycles. The topological polar surface area (TPSA) is 56.7 Å². The lowest BCUT2D eigenvalue weighted by molar-refractivity contribution is 0.663. The van der Waals surface area contributed by atoms with Crippen LogP contribution >= 0.6 is 11.6 Å². The van der Waals surface area contributed by atoms with E-state index in [2.05, 4.69) is 10.1 Å². The zero-order valence-electron chi connectivity index (χ0n) is 9.02. The average molecular weight is 237 g/mol. The molecule has 2 heterocycles. The lowest BCUT2D eigenvalue weighted by Gasteiger charge is -2.05. The smallest absolute Gasteiger partial charge is 0.0815 e. The monoisotopic (exact) mass is 236 g/mol. The maximum atomic E-state index is 5.94. The molecule has 0 aliphatic rings. The van der Waals surface area contributed by atoms with Crippen LogP contribution < -0.4 is 5.73 Å². The fourth-order valence-corrected chi connectivity index (χ4v) is 1.64. The van der Waals surface area contributed by atoms with Gasteiger partial charge in [-0.2, -0.15) is 5.10 Å². The van der Waals surface area contributed by atoms with E-state index in [1.807, 2.05) is 23.7 Å². The van der Waals surface area contributed by atoms with Gasteiger partial charge in [0.15, 0.2) is 0 Å². The third-order valence-corrected chi connectivity index (χ3v) is 2.84. The number of rotatable bonds is 3. The van der Waals surface area contributed by atoms with Gasteiger partial charge >= 0.3 is 0 Å². The van der Waals surface area contributed by atoms with Crippen LogP contribution in [0.15, 0.2) is 24.5 Å². The van der Waals surface area contributed by atoms with Crippen LogP contribution in [0.3, 0.4) is 0 Å². The molecule has 0 radical (unpaired) electrons. The second-order valence-corrected chi connectivity index (χ2v) is 4.00. The second-order valence-electron chi connectivity index (χ2n) is 3.60. The highest BCUT2D eigenvalue weighted by Gasteiger charge is 2.04. The lowest BCUT2D eigenvalue weighted by Crippen LogP contribution is -2.06. The predicted octanol–water partition coefficient (Wildman–Crippen LogP) is 1.75. The molecule has 0 spiro atoms. The molecule has 4 nitrogen and oxygen atoms in total. The summed E-state index contributed by atoms with van der Waals surface area (Å²) in [5, 5.41) is 4.89. The first-order chi connectivity index (χ1) is 7.70. The zero-order valence-corrected chi connectivity index (χ0v) is 9.78. The molecule has 0 aromatic carbocycles. The quantitative estimate of drug-likeness (QED) is 0.883. The SMILES string of the molecule is Cc1c(Cl)cnn1Cc1ccnc(CN)c1. The molecule has 2 aromatic heterocycles. The largest absolute Gasteiger partial charge is 0.325 e. The highest BCUT2D eigenvalue weighted by molar-refractivity contribution is 6.31. The minimum absolute atomic E-state index is 0.451. The van der Waals surface area contributed by atoms with Gasteiger partial charge in [-0.25, -0.2) is 0 Å². The first-order valence-electron chi connectivity index (χ1n) is 5.02. The number of pyridine rings is 1. The van der Waals surface area contributed by atoms with Crippen LogP contribution in [0.1, 0.15) is 17.0 Å². The predicted molar refractivity (Wildman–Crippen MR) is 63.2 cm³/mol. The summed E-state index contributed by atoms with van der Waals surface area (Å²) >= 11 is 5.94. The summed E-state index contributed by atoms with van der Waals surface area (Å²) in [4.78, 5) is 4.15. The summed E-state index contributed by atoms with van der Waals surface area (Å²) < 4.78 is 1.86. The fraction of sp³-hybridized carbons (Fsp3) is 0.273. The summed E-state index contributed by atoms with van der Waals surface area (Å²) in [6.07, 6.45) is 3.42. The zero-order chi connectivity index (χ0) is 11.5. The maximum absolute atomic E-state index is 5.94. The number of nitrogens with zero attached hydrogens (tertiary/aromatic N) is 3. The third kappa shape index (κ3) is 2.23. The number of halogens is 1. The minimum Gasteiger partial charge on any atom is -0.325 e. The van der Waals surface area contributed by atoms with Crippen molar-refractivity contribution in [1.29, 1.82) is 0 Å². The van der Waals surface area contributed by atoms with Crippen LogP contribution in [0.2, 0.25) is 5.02 Å². The molecule has 16 heavy (non-hydrogen) atoms. The molecule has 2 N–H and O–H groups in total. The Labute approximate surface area is 99.1 Å². The van der Waals surface area contributed by atoms with Crippen LogP contribution in [0.5, 0.6) is 0 Å². The third-order valence-electron chi connectivity index (χ3n) is 2.47. The number of aromatic nitrogens is 3. The highest BCUT2D eigenvalue weighted by atomic mass is 35.5. The Morgan fingerprint density at radius 3 is 2.94 bits per heavy atom. The first kappa shape index (κ1) is 11.1. The standard InChI is InChI=1S/C11H13ClN4/c1-8-11(12)6-15-16(8)7-9-2-3-14-10(4-9)5-13/h2-4,6H,5,7,13H2,1H3.